The number of rotatable bonds is 5. The standard InChI is InChI=1S/C18H12Cl3N3O3S/c19-11-3-1-10(2-4-11)7-15-17(26)22-18(28-15)24-23-16(25)9-27-14-6-5-12(20)8-13(14)21/h1-8H,9H2,(H,23,25)(H,22,24,26)/b15-7-. The molecule has 2 aromatic carbocycles. The van der Waals surface area contributed by atoms with Gasteiger partial charge in [-0.15, -0.1) is 5.10 Å². The van der Waals surface area contributed by atoms with Gasteiger partial charge in [0.1, 0.15) is 5.75 Å². The van der Waals surface area contributed by atoms with Crippen molar-refractivity contribution in [2.75, 3.05) is 6.61 Å². The third-order valence-corrected chi connectivity index (χ3v) is 5.05. The van der Waals surface area contributed by atoms with Crippen LogP contribution in [-0.4, -0.2) is 23.6 Å². The number of hydrogen-bond acceptors (Lipinski definition) is 5. The maximum Gasteiger partial charge on any atom is 0.278 e. The number of halogens is 3. The number of carbonyl (C=O) groups is 2. The fourth-order valence-corrected chi connectivity index (χ4v) is 3.44. The lowest BCUT2D eigenvalue weighted by Crippen LogP contribution is -2.28. The summed E-state index contributed by atoms with van der Waals surface area (Å²) in [6.07, 6.45) is 1.70. The van der Waals surface area contributed by atoms with Gasteiger partial charge in [0, 0.05) is 10.0 Å². The molecule has 0 aromatic heterocycles. The second kappa shape index (κ2) is 9.34. The molecule has 1 fully saturated rings. The van der Waals surface area contributed by atoms with Crippen LogP contribution in [0.3, 0.4) is 0 Å². The number of amidine groups is 1. The molecule has 0 aliphatic carbocycles. The summed E-state index contributed by atoms with van der Waals surface area (Å²) in [6.45, 7) is -0.301. The van der Waals surface area contributed by atoms with Crippen LogP contribution < -0.4 is 15.5 Å². The molecule has 2 N–H and O–H groups in total. The van der Waals surface area contributed by atoms with Gasteiger partial charge in [0.15, 0.2) is 11.8 Å². The highest BCUT2D eigenvalue weighted by atomic mass is 35.5. The van der Waals surface area contributed by atoms with Crippen LogP contribution in [0.5, 0.6) is 5.75 Å². The first-order valence-electron chi connectivity index (χ1n) is 7.81. The molecule has 2 amide bonds. The van der Waals surface area contributed by atoms with E-state index in [1.807, 2.05) is 0 Å². The molecule has 0 unspecified atom stereocenters. The van der Waals surface area contributed by atoms with Crippen molar-refractivity contribution in [1.29, 1.82) is 0 Å². The molecule has 1 heterocycles. The van der Waals surface area contributed by atoms with Gasteiger partial charge in [-0.2, -0.15) is 0 Å². The predicted molar refractivity (Wildman–Crippen MR) is 113 cm³/mol. The first-order valence-corrected chi connectivity index (χ1v) is 9.76. The molecule has 1 aliphatic heterocycles. The second-order valence-electron chi connectivity index (χ2n) is 5.43. The molecule has 0 spiro atoms. The number of hydrogen-bond donors (Lipinski definition) is 2. The maximum absolute atomic E-state index is 12.0. The second-order valence-corrected chi connectivity index (χ2v) is 7.74. The molecule has 28 heavy (non-hydrogen) atoms. The summed E-state index contributed by atoms with van der Waals surface area (Å²) >= 11 is 18.7. The van der Waals surface area contributed by atoms with Crippen molar-refractivity contribution >= 4 is 69.6 Å². The molecule has 0 atom stereocenters. The third kappa shape index (κ3) is 5.65. The van der Waals surface area contributed by atoms with Crippen molar-refractivity contribution in [2.45, 2.75) is 0 Å². The molecule has 0 bridgehead atoms. The Hall–Kier alpha value is -2.19. The van der Waals surface area contributed by atoms with E-state index in [0.29, 0.717) is 25.7 Å². The van der Waals surface area contributed by atoms with Crippen LogP contribution in [0, 0.1) is 0 Å². The predicted octanol–water partition coefficient (Wildman–Crippen LogP) is 4.32. The van der Waals surface area contributed by atoms with Crippen LogP contribution in [0.2, 0.25) is 15.1 Å². The smallest absolute Gasteiger partial charge is 0.278 e. The average Bonchev–Trinajstić information content (AvgIpc) is 3.00. The van der Waals surface area contributed by atoms with Crippen molar-refractivity contribution in [2.24, 2.45) is 5.10 Å². The lowest BCUT2D eigenvalue weighted by molar-refractivity contribution is -0.123. The van der Waals surface area contributed by atoms with Crippen LogP contribution in [0.4, 0.5) is 0 Å². The molecule has 0 saturated carbocycles. The molecule has 0 radical (unpaired) electrons. The summed E-state index contributed by atoms with van der Waals surface area (Å²) in [4.78, 5) is 24.3. The number of nitrogens with one attached hydrogen (secondary N) is 2. The summed E-state index contributed by atoms with van der Waals surface area (Å²) < 4.78 is 5.31. The lowest BCUT2D eigenvalue weighted by atomic mass is 10.2. The number of hydrazone groups is 1. The molecule has 10 heteroatoms. The van der Waals surface area contributed by atoms with Gasteiger partial charge >= 0.3 is 0 Å². The molecule has 2 aromatic rings. The summed E-state index contributed by atoms with van der Waals surface area (Å²) in [5.41, 5.74) is 3.13. The molecule has 144 valence electrons. The topological polar surface area (TPSA) is 79.8 Å². The zero-order valence-corrected chi connectivity index (χ0v) is 17.1. The van der Waals surface area contributed by atoms with E-state index < -0.39 is 5.91 Å². The van der Waals surface area contributed by atoms with Crippen molar-refractivity contribution in [3.05, 3.63) is 68.0 Å². The summed E-state index contributed by atoms with van der Waals surface area (Å²) in [5, 5.41) is 8.07. The largest absolute Gasteiger partial charge is 0.482 e. The lowest BCUT2D eigenvalue weighted by Gasteiger charge is -2.07. The highest BCUT2D eigenvalue weighted by molar-refractivity contribution is 8.18. The van der Waals surface area contributed by atoms with Crippen LogP contribution in [-0.2, 0) is 9.59 Å². The first kappa shape index (κ1) is 20.5. The van der Waals surface area contributed by atoms with E-state index >= 15 is 0 Å². The first-order chi connectivity index (χ1) is 13.4. The number of thioether (sulfide) groups is 1. The number of ether oxygens (including phenoxy) is 1. The van der Waals surface area contributed by atoms with Gasteiger partial charge in [0.05, 0.1) is 9.93 Å². The number of benzene rings is 2. The minimum absolute atomic E-state index is 0.253. The van der Waals surface area contributed by atoms with E-state index in [2.05, 4.69) is 15.8 Å². The summed E-state index contributed by atoms with van der Waals surface area (Å²) in [5.74, 6) is -0.494. The fraction of sp³-hybridized carbons (Fsp3) is 0.0556. The van der Waals surface area contributed by atoms with Crippen molar-refractivity contribution < 1.29 is 14.3 Å². The van der Waals surface area contributed by atoms with E-state index in [-0.39, 0.29) is 17.7 Å². The number of amides is 2. The van der Waals surface area contributed by atoms with E-state index in [1.54, 1.807) is 42.5 Å². The number of carbonyl (C=O) groups excluding carboxylic acids is 2. The number of nitrogens with zero attached hydrogens (tertiary/aromatic N) is 1. The van der Waals surface area contributed by atoms with Crippen LogP contribution in [0.1, 0.15) is 5.56 Å². The van der Waals surface area contributed by atoms with Gasteiger partial charge in [-0.05, 0) is 53.7 Å². The normalized spacial score (nSPS) is 16.3. The minimum Gasteiger partial charge on any atom is -0.482 e. The highest BCUT2D eigenvalue weighted by Gasteiger charge is 2.24. The molecule has 1 aliphatic rings. The van der Waals surface area contributed by atoms with E-state index in [1.165, 1.54) is 6.07 Å². The molecular formula is C18H12Cl3N3O3S. The van der Waals surface area contributed by atoms with Gasteiger partial charge in [0.25, 0.3) is 11.8 Å². The molecule has 6 nitrogen and oxygen atoms in total. The third-order valence-electron chi connectivity index (χ3n) is 3.35. The van der Waals surface area contributed by atoms with Gasteiger partial charge in [0.2, 0.25) is 0 Å². The van der Waals surface area contributed by atoms with Crippen molar-refractivity contribution in [1.82, 2.24) is 10.7 Å². The molecule has 1 saturated heterocycles. The van der Waals surface area contributed by atoms with Crippen LogP contribution in [0.15, 0.2) is 52.5 Å². The average molecular weight is 457 g/mol. The Balaban J connectivity index is 1.55. The van der Waals surface area contributed by atoms with Crippen LogP contribution >= 0.6 is 46.6 Å². The molecule has 3 rings (SSSR count). The van der Waals surface area contributed by atoms with Gasteiger partial charge in [-0.1, -0.05) is 46.9 Å². The van der Waals surface area contributed by atoms with E-state index in [4.69, 9.17) is 39.5 Å². The SMILES string of the molecule is O=C(COc1ccc(Cl)cc1Cl)N/N=C1\NC(=O)/C(=C/c2ccc(Cl)cc2)S1. The molecular weight excluding hydrogens is 445 g/mol. The van der Waals surface area contributed by atoms with E-state index in [0.717, 1.165) is 17.3 Å². The Labute approximate surface area is 179 Å². The fourth-order valence-electron chi connectivity index (χ4n) is 2.07. The zero-order valence-electron chi connectivity index (χ0n) is 14.0. The van der Waals surface area contributed by atoms with Gasteiger partial charge in [-0.25, -0.2) is 5.43 Å². The summed E-state index contributed by atoms with van der Waals surface area (Å²) in [7, 11) is 0. The van der Waals surface area contributed by atoms with E-state index in [9.17, 15) is 9.59 Å². The van der Waals surface area contributed by atoms with Gasteiger partial charge in [-0.3, -0.25) is 14.9 Å². The van der Waals surface area contributed by atoms with Crippen molar-refractivity contribution in [3.8, 4) is 5.75 Å². The minimum atomic E-state index is -0.511. The Bertz CT molecular complexity index is 978. The quantitative estimate of drug-likeness (QED) is 0.519. The highest BCUT2D eigenvalue weighted by Crippen LogP contribution is 2.28. The Kier molecular flexibility index (Phi) is 6.85. The zero-order chi connectivity index (χ0) is 20.1. The Morgan fingerprint density at radius 2 is 1.86 bits per heavy atom. The monoisotopic (exact) mass is 455 g/mol. The maximum atomic E-state index is 12.0. The van der Waals surface area contributed by atoms with Crippen molar-refractivity contribution in [3.63, 3.8) is 0 Å². The Morgan fingerprint density at radius 3 is 2.57 bits per heavy atom. The van der Waals surface area contributed by atoms with Gasteiger partial charge < -0.3 is 4.74 Å². The Morgan fingerprint density at radius 1 is 1.14 bits per heavy atom. The summed E-state index contributed by atoms with van der Waals surface area (Å²) in [6, 6.07) is 11.7. The van der Waals surface area contributed by atoms with Crippen LogP contribution in [0.25, 0.3) is 6.08 Å².